The molecule has 0 radical (unpaired) electrons. The van der Waals surface area contributed by atoms with E-state index in [9.17, 15) is 3.58 Å². The molecule has 7 heavy (non-hydrogen) atoms. The average molecular weight is 145 g/mol. The third-order valence-electron chi connectivity index (χ3n) is 0. The quantitative estimate of drug-likeness (QED) is 0.320. The first-order valence-electron chi connectivity index (χ1n) is 0.738. The van der Waals surface area contributed by atoms with Gasteiger partial charge in [0.25, 0.3) is 0 Å². The predicted octanol–water partition coefficient (Wildman–Crippen LogP) is -5.03. The number of rotatable bonds is 0. The molecule has 0 aliphatic heterocycles. The third-order valence-corrected chi connectivity index (χ3v) is 0. The van der Waals surface area contributed by atoms with Gasteiger partial charge in [0.15, 0.2) is 0 Å². The number of halogens is 1. The van der Waals surface area contributed by atoms with Gasteiger partial charge in [-0.1, -0.05) is 0 Å². The summed E-state index contributed by atoms with van der Waals surface area (Å²) in [5.41, 5.74) is 0. The Hall–Kier alpha value is 0.304. The molecule has 0 aromatic rings. The number of hydrogen-bond acceptors (Lipinski definition) is 3. The van der Waals surface area contributed by atoms with Gasteiger partial charge in [-0.2, -0.15) is 0 Å². The number of carboxylic acid groups (broad SMARTS) is 2. The molecule has 0 bridgehead atoms. The van der Waals surface area contributed by atoms with Crippen molar-refractivity contribution < 1.29 is 53.6 Å². The molecule has 0 saturated heterocycles. The summed E-state index contributed by atoms with van der Waals surface area (Å²) < 4.78 is 9.19. The zero-order valence-corrected chi connectivity index (χ0v) is 4.48. The molecule has 0 rings (SSSR count). The van der Waals surface area contributed by atoms with Crippen LogP contribution in [0.2, 0.25) is 0 Å². The van der Waals surface area contributed by atoms with Crippen molar-refractivity contribution in [2.45, 2.75) is 0 Å². The maximum atomic E-state index is 9.19. The first kappa shape index (κ1) is 15.7. The Balaban J connectivity index is -0.0000000480. The Kier molecular flexibility index (Phi) is 36.4. The summed E-state index contributed by atoms with van der Waals surface area (Å²) in [5, 5.41) is 16.7. The molecular formula is CCoFLiO3. The van der Waals surface area contributed by atoms with Crippen LogP contribution in [-0.4, -0.2) is 6.16 Å². The monoisotopic (exact) mass is 145 g/mol. The van der Waals surface area contributed by atoms with Gasteiger partial charge >= 0.3 is 38.6 Å². The van der Waals surface area contributed by atoms with Crippen LogP contribution >= 0.6 is 0 Å². The normalized spacial score (nSPS) is 4.29. The molecule has 6 heteroatoms. The summed E-state index contributed by atoms with van der Waals surface area (Å²) in [5.74, 6) is 0. The van der Waals surface area contributed by atoms with Gasteiger partial charge in [0.05, 0.1) is 0 Å². The Bertz CT molecular complexity index is 37.9. The van der Waals surface area contributed by atoms with Crippen LogP contribution in [0.4, 0.5) is 8.37 Å². The molecule has 0 aromatic heterocycles. The van der Waals surface area contributed by atoms with Crippen LogP contribution in [0, 0.1) is 0 Å². The smallest absolute Gasteiger partial charge is 1.00 e. The van der Waals surface area contributed by atoms with Crippen molar-refractivity contribution in [1.82, 2.24) is 0 Å². The van der Waals surface area contributed by atoms with Crippen LogP contribution in [0.15, 0.2) is 0 Å². The third kappa shape index (κ3) is 1260. The Morgan fingerprint density at radius 3 is 1.43 bits per heavy atom. The minimum atomic E-state index is -2.33. The zero-order chi connectivity index (χ0) is 5.58. The van der Waals surface area contributed by atoms with Gasteiger partial charge in [-0.15, -0.1) is 0 Å². The summed E-state index contributed by atoms with van der Waals surface area (Å²) in [6.45, 7) is 0. The standard InChI is InChI=1S/CH2O3.Co.FH.Li/c2-1(3)4;;;/h(H2,2,3,4);;1H;/q;+2;;+1/p-3. The molecular weight excluding hydrogens is 145 g/mol. The van der Waals surface area contributed by atoms with Crippen LogP contribution in [0.3, 0.4) is 0 Å². The Labute approximate surface area is 60.1 Å². The summed E-state index contributed by atoms with van der Waals surface area (Å²) in [6.07, 6.45) is -2.33. The van der Waals surface area contributed by atoms with E-state index in [1.54, 1.807) is 0 Å². The van der Waals surface area contributed by atoms with Crippen LogP contribution in [-0.2, 0) is 16.2 Å². The zero-order valence-electron chi connectivity index (χ0n) is 3.44. The molecule has 0 fully saturated rings. The summed E-state index contributed by atoms with van der Waals surface area (Å²) in [4.78, 5) is 8.33. The SMILES string of the molecule is O=C([O-])[O-].[F][Co+].[Li+]. The van der Waals surface area contributed by atoms with Gasteiger partial charge in [0.1, 0.15) is 0 Å². The number of hydrogen-bond donors (Lipinski definition) is 0. The maximum Gasteiger partial charge on any atom is 1.00 e. The summed E-state index contributed by atoms with van der Waals surface area (Å²) in [6, 6.07) is 0. The van der Waals surface area contributed by atoms with E-state index in [1.807, 2.05) is 0 Å². The molecule has 0 saturated carbocycles. The van der Waals surface area contributed by atoms with Crippen molar-refractivity contribution in [3.8, 4) is 0 Å². The van der Waals surface area contributed by atoms with Crippen molar-refractivity contribution in [1.29, 1.82) is 0 Å². The average Bonchev–Trinajstić information content (AvgIpc) is 1.41. The van der Waals surface area contributed by atoms with Gasteiger partial charge in [-0.05, 0) is 6.16 Å². The fourth-order valence-electron chi connectivity index (χ4n) is 0. The second-order valence-electron chi connectivity index (χ2n) is 0.250. The van der Waals surface area contributed by atoms with Crippen LogP contribution in [0.1, 0.15) is 0 Å². The largest absolute Gasteiger partial charge is 1.00 e. The van der Waals surface area contributed by atoms with E-state index in [-0.39, 0.29) is 18.9 Å². The Morgan fingerprint density at radius 2 is 1.43 bits per heavy atom. The van der Waals surface area contributed by atoms with Gasteiger partial charge in [-0.25, -0.2) is 0 Å². The van der Waals surface area contributed by atoms with Gasteiger partial charge in [0, 0.05) is 0 Å². The molecule has 0 heterocycles. The van der Waals surface area contributed by atoms with E-state index in [1.165, 1.54) is 0 Å². The number of carbonyl (C=O) groups is 1. The van der Waals surface area contributed by atoms with E-state index in [2.05, 4.69) is 16.2 Å². The summed E-state index contributed by atoms with van der Waals surface area (Å²) >= 11 is 2.06. The van der Waals surface area contributed by atoms with Crippen molar-refractivity contribution >= 4 is 6.16 Å². The maximum absolute atomic E-state index is 9.19. The van der Waals surface area contributed by atoms with Crippen LogP contribution in [0.5, 0.6) is 0 Å². The first-order valence-corrected chi connectivity index (χ1v) is 1.13. The molecule has 39 valence electrons. The van der Waals surface area contributed by atoms with E-state index in [0.29, 0.717) is 0 Å². The van der Waals surface area contributed by atoms with Crippen molar-refractivity contribution in [2.24, 2.45) is 0 Å². The fourth-order valence-corrected chi connectivity index (χ4v) is 0. The van der Waals surface area contributed by atoms with Gasteiger partial charge in [0.2, 0.25) is 0 Å². The molecule has 0 atom stereocenters. The van der Waals surface area contributed by atoms with Gasteiger partial charge in [-0.3, -0.25) is 0 Å². The first-order chi connectivity index (χ1) is 2.73. The Morgan fingerprint density at radius 1 is 1.43 bits per heavy atom. The minimum Gasteiger partial charge on any atom is 1.00 e. The van der Waals surface area contributed by atoms with E-state index in [4.69, 9.17) is 15.0 Å². The van der Waals surface area contributed by atoms with Crippen LogP contribution < -0.4 is 29.1 Å². The van der Waals surface area contributed by atoms with Crippen molar-refractivity contribution in [3.05, 3.63) is 0 Å². The van der Waals surface area contributed by atoms with Crippen molar-refractivity contribution in [3.63, 3.8) is 0 Å². The molecule has 0 aromatic carbocycles. The molecule has 0 unspecified atom stereocenters. The van der Waals surface area contributed by atoms with Crippen molar-refractivity contribution in [2.75, 3.05) is 0 Å². The van der Waals surface area contributed by atoms with E-state index >= 15 is 0 Å². The molecule has 3 nitrogen and oxygen atoms in total. The molecule has 0 N–H and O–H groups in total. The van der Waals surface area contributed by atoms with E-state index < -0.39 is 6.16 Å². The number of carbonyl (C=O) groups excluding carboxylic acids is 1. The molecule has 0 amide bonds. The van der Waals surface area contributed by atoms with Crippen LogP contribution in [0.25, 0.3) is 0 Å². The molecule has 0 aliphatic carbocycles. The van der Waals surface area contributed by atoms with E-state index in [0.717, 1.165) is 0 Å². The predicted molar refractivity (Wildman–Crippen MR) is 6.50 cm³/mol. The van der Waals surface area contributed by atoms with Gasteiger partial charge < -0.3 is 15.0 Å². The second kappa shape index (κ2) is 16.2. The minimum absolute atomic E-state index is 0. The molecule has 0 aliphatic rings. The fraction of sp³-hybridized carbons (Fsp3) is 0. The molecule has 0 spiro atoms. The summed E-state index contributed by atoms with van der Waals surface area (Å²) in [7, 11) is 0. The topological polar surface area (TPSA) is 63.2 Å². The second-order valence-corrected chi connectivity index (χ2v) is 0.250.